The van der Waals surface area contributed by atoms with Crippen LogP contribution in [0, 0.1) is 5.92 Å². The first kappa shape index (κ1) is 8.57. The maximum atomic E-state index is 5.80. The quantitative estimate of drug-likeness (QED) is 0.444. The Balaban J connectivity index is 1.79. The van der Waals surface area contributed by atoms with Crippen molar-refractivity contribution < 1.29 is 12.3 Å². The lowest BCUT2D eigenvalue weighted by molar-refractivity contribution is 0.298. The van der Waals surface area contributed by atoms with Crippen LogP contribution in [0.15, 0.2) is 12.2 Å². The van der Waals surface area contributed by atoms with Crippen LogP contribution in [0.2, 0.25) is 5.04 Å². The van der Waals surface area contributed by atoms with Crippen molar-refractivity contribution in [3.05, 3.63) is 12.2 Å². The molecule has 0 aromatic heterocycles. The molecular weight excluding hydrogens is 216 g/mol. The minimum absolute atomic E-state index is 0.383. The monoisotopic (exact) mass is 230 g/mol. The van der Waals surface area contributed by atoms with Gasteiger partial charge in [0.2, 0.25) is 0 Å². The first-order valence-electron chi connectivity index (χ1n) is 4.89. The molecule has 0 radical (unpaired) electrons. The van der Waals surface area contributed by atoms with Gasteiger partial charge in [0, 0.05) is 5.04 Å². The van der Waals surface area contributed by atoms with Gasteiger partial charge < -0.3 is 12.3 Å². The highest BCUT2D eigenvalue weighted by Crippen LogP contribution is 2.57. The van der Waals surface area contributed by atoms with Crippen molar-refractivity contribution in [2.24, 2.45) is 5.92 Å². The zero-order valence-corrected chi connectivity index (χ0v) is 11.6. The van der Waals surface area contributed by atoms with Crippen LogP contribution in [-0.4, -0.2) is 29.3 Å². The average Bonchev–Trinajstić information content (AvgIpc) is 2.80. The molecule has 0 spiro atoms. The molecule has 2 atom stereocenters. The van der Waals surface area contributed by atoms with E-state index in [0.29, 0.717) is 5.04 Å². The van der Waals surface area contributed by atoms with Crippen molar-refractivity contribution >= 4 is 29.3 Å². The van der Waals surface area contributed by atoms with Gasteiger partial charge in [-0.3, -0.25) is 0 Å². The smallest absolute Gasteiger partial charge is 0.313 e. The molecule has 2 aliphatic carbocycles. The van der Waals surface area contributed by atoms with Crippen molar-refractivity contribution in [3.8, 4) is 0 Å². The topological polar surface area (TPSA) is 27.7 Å². The molecule has 0 aromatic rings. The van der Waals surface area contributed by atoms with Gasteiger partial charge in [-0.15, -0.1) is 0 Å². The van der Waals surface area contributed by atoms with E-state index in [1.54, 1.807) is 0 Å². The predicted molar refractivity (Wildman–Crippen MR) is 56.7 cm³/mol. The normalized spacial score (nSPS) is 52.3. The SMILES string of the molecule is C1=CC2([SiH]3O[SiH2]O[SiH2]O3)CCC1C2. The summed E-state index contributed by atoms with van der Waals surface area (Å²) in [5, 5.41) is 0.383. The second-order valence-corrected chi connectivity index (χ2v) is 10.8. The Kier molecular flexibility index (Phi) is 2.07. The van der Waals surface area contributed by atoms with Crippen molar-refractivity contribution in [1.82, 2.24) is 0 Å². The molecule has 2 fully saturated rings. The number of hydrogen-bond donors (Lipinski definition) is 0. The molecule has 1 aliphatic heterocycles. The van der Waals surface area contributed by atoms with Crippen molar-refractivity contribution in [2.75, 3.05) is 0 Å². The van der Waals surface area contributed by atoms with Crippen molar-refractivity contribution in [3.63, 3.8) is 0 Å². The van der Waals surface area contributed by atoms with Crippen LogP contribution in [0.3, 0.4) is 0 Å². The van der Waals surface area contributed by atoms with Crippen LogP contribution >= 0.6 is 0 Å². The molecule has 1 heterocycles. The van der Waals surface area contributed by atoms with E-state index in [0.717, 1.165) is 5.92 Å². The van der Waals surface area contributed by atoms with Crippen LogP contribution in [0.1, 0.15) is 19.3 Å². The predicted octanol–water partition coefficient (Wildman–Crippen LogP) is -0.622. The van der Waals surface area contributed by atoms with E-state index in [4.69, 9.17) is 12.3 Å². The summed E-state index contributed by atoms with van der Waals surface area (Å²) in [6.45, 7) is 0. The molecular formula is C7H14O3Si3. The van der Waals surface area contributed by atoms with Crippen LogP contribution in [-0.2, 0) is 12.3 Å². The highest BCUT2D eigenvalue weighted by Gasteiger charge is 2.49. The Labute approximate surface area is 84.4 Å². The molecule has 13 heavy (non-hydrogen) atoms. The zero-order chi connectivity index (χ0) is 8.73. The summed E-state index contributed by atoms with van der Waals surface area (Å²) < 4.78 is 16.9. The largest absolute Gasteiger partial charge is 0.425 e. The van der Waals surface area contributed by atoms with Gasteiger partial charge in [-0.2, -0.15) is 0 Å². The maximum absolute atomic E-state index is 5.80. The fourth-order valence-electron chi connectivity index (χ4n) is 2.72. The Morgan fingerprint density at radius 3 is 2.77 bits per heavy atom. The van der Waals surface area contributed by atoms with Gasteiger partial charge in [-0.05, 0) is 25.2 Å². The lowest BCUT2D eigenvalue weighted by Gasteiger charge is -2.34. The maximum Gasteiger partial charge on any atom is 0.313 e. The molecule has 0 amide bonds. The molecule has 3 rings (SSSR count). The van der Waals surface area contributed by atoms with E-state index in [1.165, 1.54) is 19.3 Å². The van der Waals surface area contributed by atoms with Gasteiger partial charge in [0.25, 0.3) is 20.0 Å². The Morgan fingerprint density at radius 1 is 1.38 bits per heavy atom. The minimum Gasteiger partial charge on any atom is -0.425 e. The van der Waals surface area contributed by atoms with Crippen LogP contribution in [0.4, 0.5) is 0 Å². The zero-order valence-electron chi connectivity index (χ0n) is 7.57. The summed E-state index contributed by atoms with van der Waals surface area (Å²) in [7, 11) is -2.63. The van der Waals surface area contributed by atoms with E-state index >= 15 is 0 Å². The Hall–Kier alpha value is 0.271. The molecule has 0 N–H and O–H groups in total. The van der Waals surface area contributed by atoms with Gasteiger partial charge >= 0.3 is 9.28 Å². The highest BCUT2D eigenvalue weighted by molar-refractivity contribution is 6.64. The molecule has 72 valence electrons. The number of fused-ring (bicyclic) bond motifs is 2. The van der Waals surface area contributed by atoms with Crippen LogP contribution in [0.25, 0.3) is 0 Å². The Bertz CT molecular complexity index is 241. The van der Waals surface area contributed by atoms with Gasteiger partial charge in [-0.25, -0.2) is 0 Å². The molecule has 3 aliphatic rings. The highest BCUT2D eigenvalue weighted by atomic mass is 28.4. The van der Waals surface area contributed by atoms with E-state index < -0.39 is 29.3 Å². The summed E-state index contributed by atoms with van der Waals surface area (Å²) in [6, 6.07) is 0. The lowest BCUT2D eigenvalue weighted by Crippen LogP contribution is -2.42. The van der Waals surface area contributed by atoms with Gasteiger partial charge in [-0.1, -0.05) is 12.2 Å². The Morgan fingerprint density at radius 2 is 2.23 bits per heavy atom. The third kappa shape index (κ3) is 1.32. The van der Waals surface area contributed by atoms with Crippen LogP contribution in [0.5, 0.6) is 0 Å². The van der Waals surface area contributed by atoms with E-state index in [-0.39, 0.29) is 0 Å². The molecule has 2 bridgehead atoms. The molecule has 1 saturated heterocycles. The summed E-state index contributed by atoms with van der Waals surface area (Å²) in [5.41, 5.74) is 0. The van der Waals surface area contributed by atoms with Crippen molar-refractivity contribution in [1.29, 1.82) is 0 Å². The standard InChI is InChI=1S/C7H14O3Si3/c1-3-7(4-2-6(1)5-7)13-9-11-8-12-10-13/h1,3,6,13H,2,4-5,11-12H2. The van der Waals surface area contributed by atoms with Crippen LogP contribution < -0.4 is 0 Å². The fourth-order valence-corrected chi connectivity index (χ4v) is 11.6. The minimum atomic E-state index is -1.36. The molecule has 2 unspecified atom stereocenters. The third-order valence-corrected chi connectivity index (χ3v) is 9.90. The van der Waals surface area contributed by atoms with Gasteiger partial charge in [0.15, 0.2) is 0 Å². The molecule has 6 heteroatoms. The van der Waals surface area contributed by atoms with E-state index in [9.17, 15) is 0 Å². The fraction of sp³-hybridized carbons (Fsp3) is 0.714. The lowest BCUT2D eigenvalue weighted by atomic mass is 10.1. The molecule has 3 nitrogen and oxygen atoms in total. The first-order valence-corrected chi connectivity index (χ1v) is 8.72. The summed E-state index contributed by atoms with van der Waals surface area (Å²) >= 11 is 0. The second kappa shape index (κ2) is 3.14. The van der Waals surface area contributed by atoms with E-state index in [2.05, 4.69) is 12.2 Å². The van der Waals surface area contributed by atoms with Gasteiger partial charge in [0.1, 0.15) is 0 Å². The second-order valence-electron chi connectivity index (χ2n) is 4.20. The van der Waals surface area contributed by atoms with E-state index in [1.807, 2.05) is 0 Å². The number of rotatable bonds is 1. The number of hydrogen-bond acceptors (Lipinski definition) is 3. The molecule has 1 saturated carbocycles. The van der Waals surface area contributed by atoms with Gasteiger partial charge in [0.05, 0.1) is 0 Å². The third-order valence-electron chi connectivity index (χ3n) is 3.40. The summed E-state index contributed by atoms with van der Waals surface area (Å²) in [4.78, 5) is 0. The summed E-state index contributed by atoms with van der Waals surface area (Å²) in [5.74, 6) is 0.839. The average molecular weight is 230 g/mol. The summed E-state index contributed by atoms with van der Waals surface area (Å²) in [6.07, 6.45) is 8.76. The molecule has 0 aromatic carbocycles. The number of allylic oxidation sites excluding steroid dienone is 2. The van der Waals surface area contributed by atoms with Crippen molar-refractivity contribution in [2.45, 2.75) is 24.3 Å². The first-order chi connectivity index (χ1) is 6.39.